The number of azo groups is 1. The van der Waals surface area contributed by atoms with Gasteiger partial charge in [0.25, 0.3) is 0 Å². The van der Waals surface area contributed by atoms with E-state index in [9.17, 15) is 4.39 Å². The van der Waals surface area contributed by atoms with Crippen LogP contribution in [0.3, 0.4) is 0 Å². The second kappa shape index (κ2) is 4.20. The monoisotopic (exact) mass is 234 g/mol. The first kappa shape index (κ1) is 11.1. The number of hydrogen-bond acceptors (Lipinski definition) is 5. The second-order valence-corrected chi connectivity index (χ2v) is 3.50. The molecule has 0 saturated heterocycles. The summed E-state index contributed by atoms with van der Waals surface area (Å²) in [5, 5.41) is 13.9. The number of nitrogens with one attached hydrogen (secondary N) is 1. The number of aromatic nitrogens is 2. The van der Waals surface area contributed by atoms with Gasteiger partial charge in [-0.1, -0.05) is 6.07 Å². The van der Waals surface area contributed by atoms with Crippen molar-refractivity contribution in [3.8, 4) is 0 Å². The van der Waals surface area contributed by atoms with Crippen LogP contribution >= 0.6 is 0 Å². The van der Waals surface area contributed by atoms with Crippen molar-refractivity contribution in [1.82, 2.24) is 10.2 Å². The van der Waals surface area contributed by atoms with E-state index in [4.69, 9.17) is 11.5 Å². The quantitative estimate of drug-likeness (QED) is 0.694. The van der Waals surface area contributed by atoms with Crippen molar-refractivity contribution in [2.75, 3.05) is 11.5 Å². The SMILES string of the molecule is Cc1ccc(F)cc1N=Nc1c(N)n[nH]c1N. The number of nitrogens with two attached hydrogens (primary N) is 2. The minimum absolute atomic E-state index is 0.153. The molecule has 0 bridgehead atoms. The summed E-state index contributed by atoms with van der Waals surface area (Å²) in [5.74, 6) is -0.00157. The summed E-state index contributed by atoms with van der Waals surface area (Å²) in [7, 11) is 0. The van der Waals surface area contributed by atoms with E-state index in [1.165, 1.54) is 12.1 Å². The minimum atomic E-state index is -0.377. The van der Waals surface area contributed by atoms with Gasteiger partial charge in [-0.25, -0.2) is 4.39 Å². The fourth-order valence-electron chi connectivity index (χ4n) is 1.26. The number of aryl methyl sites for hydroxylation is 1. The Balaban J connectivity index is 2.35. The van der Waals surface area contributed by atoms with E-state index in [1.54, 1.807) is 13.0 Å². The lowest BCUT2D eigenvalue weighted by Crippen LogP contribution is -1.84. The van der Waals surface area contributed by atoms with Gasteiger partial charge < -0.3 is 11.5 Å². The fourth-order valence-corrected chi connectivity index (χ4v) is 1.26. The zero-order chi connectivity index (χ0) is 12.4. The fraction of sp³-hybridized carbons (Fsp3) is 0.100. The largest absolute Gasteiger partial charge is 0.382 e. The molecule has 0 aliphatic heterocycles. The second-order valence-electron chi connectivity index (χ2n) is 3.50. The highest BCUT2D eigenvalue weighted by atomic mass is 19.1. The van der Waals surface area contributed by atoms with E-state index in [1.807, 2.05) is 0 Å². The molecule has 0 aliphatic carbocycles. The van der Waals surface area contributed by atoms with Gasteiger partial charge in [0.2, 0.25) is 0 Å². The molecule has 17 heavy (non-hydrogen) atoms. The summed E-state index contributed by atoms with van der Waals surface area (Å²) in [4.78, 5) is 0. The Morgan fingerprint density at radius 1 is 1.29 bits per heavy atom. The molecule has 0 saturated carbocycles. The summed E-state index contributed by atoms with van der Waals surface area (Å²) >= 11 is 0. The van der Waals surface area contributed by atoms with Crippen LogP contribution in [-0.4, -0.2) is 10.2 Å². The molecule has 0 aliphatic rings. The highest BCUT2D eigenvalue weighted by Gasteiger charge is 2.07. The number of halogens is 1. The third kappa shape index (κ3) is 2.22. The average Bonchev–Trinajstić information content (AvgIpc) is 2.61. The number of anilines is 2. The van der Waals surface area contributed by atoms with Gasteiger partial charge in [0.1, 0.15) is 11.6 Å². The molecule has 1 heterocycles. The molecular formula is C10H11FN6. The van der Waals surface area contributed by atoms with Crippen molar-refractivity contribution in [2.24, 2.45) is 10.2 Å². The zero-order valence-corrected chi connectivity index (χ0v) is 9.11. The lowest BCUT2D eigenvalue weighted by Gasteiger charge is -1.98. The number of benzene rings is 1. The van der Waals surface area contributed by atoms with Crippen LogP contribution in [0.25, 0.3) is 0 Å². The first-order valence-corrected chi connectivity index (χ1v) is 4.85. The Bertz CT molecular complexity index is 555. The van der Waals surface area contributed by atoms with Crippen LogP contribution in [-0.2, 0) is 0 Å². The van der Waals surface area contributed by atoms with Gasteiger partial charge >= 0.3 is 0 Å². The Labute approximate surface area is 96.5 Å². The van der Waals surface area contributed by atoms with Crippen LogP contribution < -0.4 is 11.5 Å². The topological polar surface area (TPSA) is 105 Å². The highest BCUT2D eigenvalue weighted by Crippen LogP contribution is 2.29. The number of nitrogen functional groups attached to an aromatic ring is 2. The molecule has 6 nitrogen and oxygen atoms in total. The maximum absolute atomic E-state index is 13.0. The molecule has 5 N–H and O–H groups in total. The average molecular weight is 234 g/mol. The van der Waals surface area contributed by atoms with Crippen molar-refractivity contribution in [3.63, 3.8) is 0 Å². The van der Waals surface area contributed by atoms with Gasteiger partial charge in [-0.05, 0) is 18.6 Å². The van der Waals surface area contributed by atoms with E-state index >= 15 is 0 Å². The predicted octanol–water partition coefficient (Wildman–Crippen LogP) is 2.44. The molecule has 0 amide bonds. The number of hydrogen-bond donors (Lipinski definition) is 3. The van der Waals surface area contributed by atoms with Gasteiger partial charge in [-0.3, -0.25) is 5.10 Å². The lowest BCUT2D eigenvalue weighted by atomic mass is 10.2. The summed E-state index contributed by atoms with van der Waals surface area (Å²) < 4.78 is 13.0. The Morgan fingerprint density at radius 2 is 2.06 bits per heavy atom. The van der Waals surface area contributed by atoms with Crippen molar-refractivity contribution >= 4 is 23.0 Å². The lowest BCUT2D eigenvalue weighted by molar-refractivity contribution is 0.627. The van der Waals surface area contributed by atoms with E-state index in [0.29, 0.717) is 5.69 Å². The van der Waals surface area contributed by atoms with Crippen LogP contribution in [0, 0.1) is 12.7 Å². The number of aromatic amines is 1. The number of rotatable bonds is 2. The van der Waals surface area contributed by atoms with Gasteiger partial charge in [-0.15, -0.1) is 10.2 Å². The maximum atomic E-state index is 13.0. The van der Waals surface area contributed by atoms with Crippen LogP contribution in [0.4, 0.5) is 27.4 Å². The van der Waals surface area contributed by atoms with E-state index in [0.717, 1.165) is 5.56 Å². The summed E-state index contributed by atoms with van der Waals surface area (Å²) in [6.07, 6.45) is 0. The normalized spacial score (nSPS) is 11.2. The number of H-pyrrole nitrogens is 1. The van der Waals surface area contributed by atoms with Gasteiger partial charge in [0.05, 0.1) is 5.69 Å². The molecule has 2 aromatic rings. The molecule has 0 atom stereocenters. The Hall–Kier alpha value is -2.44. The molecule has 7 heteroatoms. The number of nitrogens with zero attached hydrogens (tertiary/aromatic N) is 3. The third-order valence-corrected chi connectivity index (χ3v) is 2.22. The molecule has 0 fully saturated rings. The molecular weight excluding hydrogens is 223 g/mol. The van der Waals surface area contributed by atoms with Crippen molar-refractivity contribution in [1.29, 1.82) is 0 Å². The molecule has 88 valence electrons. The molecule has 1 aromatic carbocycles. The molecule has 0 radical (unpaired) electrons. The zero-order valence-electron chi connectivity index (χ0n) is 9.11. The first-order valence-electron chi connectivity index (χ1n) is 4.85. The first-order chi connectivity index (χ1) is 8.08. The standard InChI is InChI=1S/C10H11FN6/c1-5-2-3-6(11)4-7(5)14-15-8-9(12)16-17-10(8)13/h2-4H,1H3,(H5,12,13,16,17). The highest BCUT2D eigenvalue weighted by molar-refractivity contribution is 5.70. The minimum Gasteiger partial charge on any atom is -0.382 e. The van der Waals surface area contributed by atoms with E-state index in [-0.39, 0.29) is 23.1 Å². The van der Waals surface area contributed by atoms with Crippen molar-refractivity contribution < 1.29 is 4.39 Å². The van der Waals surface area contributed by atoms with Gasteiger partial charge in [-0.2, -0.15) is 5.10 Å². The molecule has 0 spiro atoms. The van der Waals surface area contributed by atoms with Crippen LogP contribution in [0.15, 0.2) is 28.4 Å². The van der Waals surface area contributed by atoms with E-state index in [2.05, 4.69) is 20.4 Å². The van der Waals surface area contributed by atoms with Crippen LogP contribution in [0.5, 0.6) is 0 Å². The van der Waals surface area contributed by atoms with Crippen LogP contribution in [0.1, 0.15) is 5.56 Å². The molecule has 0 unspecified atom stereocenters. The molecule has 1 aromatic heterocycles. The summed E-state index contributed by atoms with van der Waals surface area (Å²) in [5.41, 5.74) is 12.6. The Morgan fingerprint density at radius 3 is 2.71 bits per heavy atom. The van der Waals surface area contributed by atoms with Gasteiger partial charge in [0, 0.05) is 6.07 Å². The Kier molecular flexibility index (Phi) is 2.73. The summed E-state index contributed by atoms with van der Waals surface area (Å²) in [6, 6.07) is 4.26. The smallest absolute Gasteiger partial charge is 0.175 e. The molecule has 2 rings (SSSR count). The third-order valence-electron chi connectivity index (χ3n) is 2.22. The maximum Gasteiger partial charge on any atom is 0.175 e. The van der Waals surface area contributed by atoms with Crippen LogP contribution in [0.2, 0.25) is 0 Å². The van der Waals surface area contributed by atoms with Crippen molar-refractivity contribution in [3.05, 3.63) is 29.6 Å². The van der Waals surface area contributed by atoms with Gasteiger partial charge in [0.15, 0.2) is 11.5 Å². The predicted molar refractivity (Wildman–Crippen MR) is 62.7 cm³/mol. The van der Waals surface area contributed by atoms with E-state index < -0.39 is 0 Å². The summed E-state index contributed by atoms with van der Waals surface area (Å²) in [6.45, 7) is 1.80. The van der Waals surface area contributed by atoms with Crippen molar-refractivity contribution in [2.45, 2.75) is 6.92 Å².